The zero-order valence-corrected chi connectivity index (χ0v) is 15.0. The van der Waals surface area contributed by atoms with Gasteiger partial charge in [-0.1, -0.05) is 48.5 Å². The maximum absolute atomic E-state index is 12.7. The molecule has 0 saturated heterocycles. The average molecular weight is 363 g/mol. The van der Waals surface area contributed by atoms with Crippen LogP contribution in [-0.4, -0.2) is 46.5 Å². The number of rotatable bonds is 6. The molecule has 2 aromatic carbocycles. The number of carbonyl (C=O) groups is 2. The van der Waals surface area contributed by atoms with Gasteiger partial charge in [-0.25, -0.2) is 0 Å². The van der Waals surface area contributed by atoms with Gasteiger partial charge in [0.1, 0.15) is 6.04 Å². The molecule has 27 heavy (non-hydrogen) atoms. The summed E-state index contributed by atoms with van der Waals surface area (Å²) in [6.07, 6.45) is 1.55. The van der Waals surface area contributed by atoms with Crippen LogP contribution in [0.3, 0.4) is 0 Å². The molecule has 138 valence electrons. The van der Waals surface area contributed by atoms with Crippen LogP contribution >= 0.6 is 0 Å². The Kier molecular flexibility index (Phi) is 5.78. The number of nitrogens with zero attached hydrogens (tertiary/aromatic N) is 2. The molecule has 0 aliphatic carbocycles. The number of nitrogens with one attached hydrogen (secondary N) is 1. The largest absolute Gasteiger partial charge is 0.394 e. The zero-order chi connectivity index (χ0) is 19.2. The molecule has 1 atom stereocenters. The number of benzene rings is 2. The van der Waals surface area contributed by atoms with E-state index in [-0.39, 0.29) is 5.91 Å². The number of aliphatic hydroxyl groups excluding tert-OH is 1. The monoisotopic (exact) mass is 363 g/mol. The minimum Gasteiger partial charge on any atom is -0.394 e. The van der Waals surface area contributed by atoms with E-state index in [9.17, 15) is 14.7 Å². The number of hydrogen-bond acceptors (Lipinski definition) is 4. The van der Waals surface area contributed by atoms with Crippen LogP contribution in [-0.2, 0) is 11.3 Å². The standard InChI is InChI=1S/C21H21N3O3/c1-24(13-15-7-3-2-4-8-15)21(27)19(14-25)23-20(26)17-11-12-22-18-10-6-5-9-16(17)18/h2-12,19,25H,13-14H2,1H3,(H,23,26). The van der Waals surface area contributed by atoms with E-state index in [4.69, 9.17) is 0 Å². The van der Waals surface area contributed by atoms with Crippen molar-refractivity contribution in [2.75, 3.05) is 13.7 Å². The third kappa shape index (κ3) is 4.30. The molecule has 0 aliphatic heterocycles. The predicted molar refractivity (Wildman–Crippen MR) is 103 cm³/mol. The normalized spacial score (nSPS) is 11.8. The van der Waals surface area contributed by atoms with Gasteiger partial charge in [0.05, 0.1) is 17.7 Å². The number of hydrogen-bond donors (Lipinski definition) is 2. The second-order valence-electron chi connectivity index (χ2n) is 6.26. The van der Waals surface area contributed by atoms with E-state index in [0.717, 1.165) is 5.56 Å². The Morgan fingerprint density at radius 2 is 1.78 bits per heavy atom. The lowest BCUT2D eigenvalue weighted by molar-refractivity contribution is -0.133. The lowest BCUT2D eigenvalue weighted by Gasteiger charge is -2.23. The Morgan fingerprint density at radius 3 is 2.52 bits per heavy atom. The van der Waals surface area contributed by atoms with Crippen LogP contribution in [0.2, 0.25) is 0 Å². The third-order valence-electron chi connectivity index (χ3n) is 4.32. The van der Waals surface area contributed by atoms with E-state index in [0.29, 0.717) is 23.0 Å². The van der Waals surface area contributed by atoms with Gasteiger partial charge in [0.2, 0.25) is 5.91 Å². The van der Waals surface area contributed by atoms with Crippen LogP contribution in [0.1, 0.15) is 15.9 Å². The topological polar surface area (TPSA) is 82.5 Å². The van der Waals surface area contributed by atoms with Crippen molar-refractivity contribution in [3.05, 3.63) is 78.0 Å². The molecule has 0 bridgehead atoms. The highest BCUT2D eigenvalue weighted by molar-refractivity contribution is 6.07. The molecule has 3 rings (SSSR count). The van der Waals surface area contributed by atoms with E-state index >= 15 is 0 Å². The molecular formula is C21H21N3O3. The van der Waals surface area contributed by atoms with Gasteiger partial charge in [-0.3, -0.25) is 14.6 Å². The fourth-order valence-corrected chi connectivity index (χ4v) is 2.92. The van der Waals surface area contributed by atoms with Crippen LogP contribution in [0.4, 0.5) is 0 Å². The van der Waals surface area contributed by atoms with Crippen molar-refractivity contribution in [2.24, 2.45) is 0 Å². The SMILES string of the molecule is CN(Cc1ccccc1)C(=O)C(CO)NC(=O)c1ccnc2ccccc12. The van der Waals surface area contributed by atoms with Crippen LogP contribution < -0.4 is 5.32 Å². The predicted octanol–water partition coefficient (Wildman–Crippen LogP) is 1.98. The van der Waals surface area contributed by atoms with Crippen LogP contribution in [0, 0.1) is 0 Å². The van der Waals surface area contributed by atoms with Crippen LogP contribution in [0.25, 0.3) is 10.9 Å². The number of pyridine rings is 1. The summed E-state index contributed by atoms with van der Waals surface area (Å²) in [6, 6.07) is 17.4. The second-order valence-corrected chi connectivity index (χ2v) is 6.26. The van der Waals surface area contributed by atoms with Gasteiger partial charge < -0.3 is 15.3 Å². The molecule has 2 amide bonds. The fraction of sp³-hybridized carbons (Fsp3) is 0.190. The Labute approximate surface area is 157 Å². The molecule has 6 nitrogen and oxygen atoms in total. The number of aromatic nitrogens is 1. The van der Waals surface area contributed by atoms with Gasteiger partial charge in [0.25, 0.3) is 5.91 Å². The summed E-state index contributed by atoms with van der Waals surface area (Å²) < 4.78 is 0. The zero-order valence-electron chi connectivity index (χ0n) is 15.0. The van der Waals surface area contributed by atoms with Crippen molar-refractivity contribution in [1.29, 1.82) is 0 Å². The molecule has 2 N–H and O–H groups in total. The quantitative estimate of drug-likeness (QED) is 0.702. The van der Waals surface area contributed by atoms with E-state index in [1.165, 1.54) is 4.90 Å². The van der Waals surface area contributed by atoms with Crippen LogP contribution in [0.15, 0.2) is 66.9 Å². The molecule has 0 spiro atoms. The summed E-state index contributed by atoms with van der Waals surface area (Å²) in [6.45, 7) is -0.0864. The first-order valence-corrected chi connectivity index (χ1v) is 8.64. The first kappa shape index (κ1) is 18.5. The van der Waals surface area contributed by atoms with Crippen molar-refractivity contribution in [2.45, 2.75) is 12.6 Å². The van der Waals surface area contributed by atoms with E-state index < -0.39 is 18.6 Å². The Hall–Kier alpha value is -3.25. The highest BCUT2D eigenvalue weighted by Crippen LogP contribution is 2.16. The summed E-state index contributed by atoms with van der Waals surface area (Å²) in [5, 5.41) is 13.0. The Balaban J connectivity index is 1.73. The van der Waals surface area contributed by atoms with Gasteiger partial charge in [0.15, 0.2) is 0 Å². The van der Waals surface area contributed by atoms with Crippen molar-refractivity contribution in [3.8, 4) is 0 Å². The Bertz CT molecular complexity index is 938. The van der Waals surface area contributed by atoms with Gasteiger partial charge in [-0.2, -0.15) is 0 Å². The molecule has 0 aliphatic rings. The molecule has 3 aromatic rings. The van der Waals surface area contributed by atoms with Gasteiger partial charge in [-0.15, -0.1) is 0 Å². The molecule has 1 unspecified atom stereocenters. The van der Waals surface area contributed by atoms with Gasteiger partial charge >= 0.3 is 0 Å². The molecule has 0 fully saturated rings. The molecule has 0 saturated carbocycles. The molecule has 6 heteroatoms. The highest BCUT2D eigenvalue weighted by atomic mass is 16.3. The summed E-state index contributed by atoms with van der Waals surface area (Å²) in [5.74, 6) is -0.776. The molecule has 1 aromatic heterocycles. The second kappa shape index (κ2) is 8.42. The van der Waals surface area contributed by atoms with E-state index in [1.54, 1.807) is 25.4 Å². The number of aliphatic hydroxyl groups is 1. The van der Waals surface area contributed by atoms with E-state index in [2.05, 4.69) is 10.3 Å². The van der Waals surface area contributed by atoms with Crippen LogP contribution in [0.5, 0.6) is 0 Å². The molecular weight excluding hydrogens is 342 g/mol. The molecule has 1 heterocycles. The lowest BCUT2D eigenvalue weighted by atomic mass is 10.1. The van der Waals surface area contributed by atoms with Crippen molar-refractivity contribution in [3.63, 3.8) is 0 Å². The maximum Gasteiger partial charge on any atom is 0.252 e. The van der Waals surface area contributed by atoms with Crippen molar-refractivity contribution < 1.29 is 14.7 Å². The fourth-order valence-electron chi connectivity index (χ4n) is 2.92. The summed E-state index contributed by atoms with van der Waals surface area (Å²) in [4.78, 5) is 31.1. The first-order chi connectivity index (χ1) is 13.1. The van der Waals surface area contributed by atoms with Crippen molar-refractivity contribution in [1.82, 2.24) is 15.2 Å². The third-order valence-corrected chi connectivity index (χ3v) is 4.32. The number of carbonyl (C=O) groups excluding carboxylic acids is 2. The number of likely N-dealkylation sites (N-methyl/N-ethyl adjacent to an activating group) is 1. The summed E-state index contributed by atoms with van der Waals surface area (Å²) in [7, 11) is 1.64. The molecule has 0 radical (unpaired) electrons. The summed E-state index contributed by atoms with van der Waals surface area (Å²) in [5.41, 5.74) is 2.08. The lowest BCUT2D eigenvalue weighted by Crippen LogP contribution is -2.49. The number of amides is 2. The number of fused-ring (bicyclic) bond motifs is 1. The minimum absolute atomic E-state index is 0.354. The average Bonchev–Trinajstić information content (AvgIpc) is 2.71. The minimum atomic E-state index is -1.02. The van der Waals surface area contributed by atoms with Gasteiger partial charge in [-0.05, 0) is 17.7 Å². The first-order valence-electron chi connectivity index (χ1n) is 8.64. The summed E-state index contributed by atoms with van der Waals surface area (Å²) >= 11 is 0. The van der Waals surface area contributed by atoms with Crippen molar-refractivity contribution >= 4 is 22.7 Å². The van der Waals surface area contributed by atoms with E-state index in [1.807, 2.05) is 48.5 Å². The Morgan fingerprint density at radius 1 is 1.07 bits per heavy atom. The van der Waals surface area contributed by atoms with Gasteiger partial charge in [0, 0.05) is 25.2 Å². The highest BCUT2D eigenvalue weighted by Gasteiger charge is 2.24. The number of para-hydroxylation sites is 1. The smallest absolute Gasteiger partial charge is 0.252 e. The maximum atomic E-state index is 12.7.